The smallest absolute Gasteiger partial charge is 0.121 e. The Labute approximate surface area is 100 Å². The molecule has 1 nitrogen and oxygen atoms in total. The first-order chi connectivity index (χ1) is 7.51. The lowest BCUT2D eigenvalue weighted by Crippen LogP contribution is -2.22. The second kappa shape index (κ2) is 4.04. The molecule has 2 heteroatoms. The molecule has 0 fully saturated rings. The van der Waals surface area contributed by atoms with E-state index >= 15 is 0 Å². The summed E-state index contributed by atoms with van der Waals surface area (Å²) in [6.45, 7) is 5.95. The van der Waals surface area contributed by atoms with Crippen molar-refractivity contribution in [2.75, 3.05) is 0 Å². The van der Waals surface area contributed by atoms with Crippen molar-refractivity contribution in [1.29, 1.82) is 0 Å². The minimum Gasteiger partial charge on any atom is -0.380 e. The van der Waals surface area contributed by atoms with Crippen LogP contribution < -0.4 is 0 Å². The highest BCUT2D eigenvalue weighted by molar-refractivity contribution is 7.10. The molecular weight excluding hydrogens is 216 g/mol. The van der Waals surface area contributed by atoms with Crippen LogP contribution in [0.5, 0.6) is 0 Å². The van der Waals surface area contributed by atoms with Gasteiger partial charge in [-0.25, -0.2) is 0 Å². The van der Waals surface area contributed by atoms with E-state index in [0.717, 1.165) is 16.0 Å². The lowest BCUT2D eigenvalue weighted by molar-refractivity contribution is 0.105. The fourth-order valence-corrected chi connectivity index (χ4v) is 2.75. The number of thiophene rings is 1. The van der Waals surface area contributed by atoms with Gasteiger partial charge < -0.3 is 5.11 Å². The molecule has 0 bridgehead atoms. The molecule has 0 aliphatic rings. The molecule has 2 aromatic rings. The molecule has 0 aliphatic carbocycles. The van der Waals surface area contributed by atoms with Crippen LogP contribution in [0.1, 0.15) is 28.5 Å². The van der Waals surface area contributed by atoms with Crippen LogP contribution in [0.25, 0.3) is 0 Å². The largest absolute Gasteiger partial charge is 0.380 e. The second-order valence-electron chi connectivity index (χ2n) is 4.37. The Bertz CT molecular complexity index is 483. The van der Waals surface area contributed by atoms with Gasteiger partial charge in [-0.3, -0.25) is 0 Å². The summed E-state index contributed by atoms with van der Waals surface area (Å²) < 4.78 is 0. The third-order valence-electron chi connectivity index (χ3n) is 2.92. The first-order valence-corrected chi connectivity index (χ1v) is 6.24. The lowest BCUT2D eigenvalue weighted by atomic mass is 9.89. The van der Waals surface area contributed by atoms with E-state index in [2.05, 4.69) is 18.2 Å². The monoisotopic (exact) mass is 232 g/mol. The van der Waals surface area contributed by atoms with Gasteiger partial charge >= 0.3 is 0 Å². The summed E-state index contributed by atoms with van der Waals surface area (Å²) in [5.41, 5.74) is 2.42. The maximum Gasteiger partial charge on any atom is 0.121 e. The van der Waals surface area contributed by atoms with E-state index in [9.17, 15) is 5.11 Å². The average Bonchev–Trinajstić information content (AvgIpc) is 2.75. The average molecular weight is 232 g/mol. The molecule has 1 aromatic heterocycles. The summed E-state index contributed by atoms with van der Waals surface area (Å²) in [5, 5.41) is 12.7. The molecular formula is C14H16OS. The lowest BCUT2D eigenvalue weighted by Gasteiger charge is -2.25. The third kappa shape index (κ3) is 1.91. The Morgan fingerprint density at radius 1 is 1.19 bits per heavy atom. The highest BCUT2D eigenvalue weighted by atomic mass is 32.1. The highest BCUT2D eigenvalue weighted by Crippen LogP contribution is 2.34. The molecule has 1 N–H and O–H groups in total. The van der Waals surface area contributed by atoms with Crippen LogP contribution in [-0.4, -0.2) is 5.11 Å². The summed E-state index contributed by atoms with van der Waals surface area (Å²) in [6.07, 6.45) is 0. The standard InChI is InChI=1S/C14H16OS/c1-10-6-7-11(2)12(9-10)14(3,15)13-5-4-8-16-13/h4-9,15H,1-3H3. The van der Waals surface area contributed by atoms with Crippen LogP contribution in [0.3, 0.4) is 0 Å². The number of hydrogen-bond acceptors (Lipinski definition) is 2. The molecule has 0 amide bonds. The van der Waals surface area contributed by atoms with Gasteiger partial charge in [0.25, 0.3) is 0 Å². The molecule has 0 spiro atoms. The first-order valence-electron chi connectivity index (χ1n) is 5.36. The van der Waals surface area contributed by atoms with E-state index in [-0.39, 0.29) is 0 Å². The van der Waals surface area contributed by atoms with E-state index in [1.807, 2.05) is 38.3 Å². The van der Waals surface area contributed by atoms with Gasteiger partial charge in [0.15, 0.2) is 0 Å². The molecule has 84 valence electrons. The van der Waals surface area contributed by atoms with Crippen molar-refractivity contribution in [3.8, 4) is 0 Å². The van der Waals surface area contributed by atoms with Crippen LogP contribution in [0, 0.1) is 13.8 Å². The Kier molecular flexibility index (Phi) is 2.87. The molecule has 0 aliphatic heterocycles. The van der Waals surface area contributed by atoms with Gasteiger partial charge in [0.1, 0.15) is 5.60 Å². The Morgan fingerprint density at radius 2 is 1.94 bits per heavy atom. The predicted molar refractivity (Wildman–Crippen MR) is 68.9 cm³/mol. The SMILES string of the molecule is Cc1ccc(C)c(C(C)(O)c2cccs2)c1. The van der Waals surface area contributed by atoms with Gasteiger partial charge in [0.05, 0.1) is 0 Å². The van der Waals surface area contributed by atoms with Gasteiger partial charge in [-0.05, 0) is 43.3 Å². The van der Waals surface area contributed by atoms with E-state index in [0.29, 0.717) is 0 Å². The van der Waals surface area contributed by atoms with Crippen LogP contribution in [0.2, 0.25) is 0 Å². The molecule has 1 unspecified atom stereocenters. The number of hydrogen-bond donors (Lipinski definition) is 1. The molecule has 1 heterocycles. The van der Waals surface area contributed by atoms with E-state index < -0.39 is 5.60 Å². The molecule has 1 aromatic carbocycles. The van der Waals surface area contributed by atoms with Crippen LogP contribution in [0.15, 0.2) is 35.7 Å². The molecule has 2 rings (SSSR count). The van der Waals surface area contributed by atoms with Crippen molar-refractivity contribution in [3.05, 3.63) is 57.3 Å². The van der Waals surface area contributed by atoms with E-state index in [1.165, 1.54) is 5.56 Å². The van der Waals surface area contributed by atoms with E-state index in [1.54, 1.807) is 11.3 Å². The number of rotatable bonds is 2. The molecule has 16 heavy (non-hydrogen) atoms. The number of aryl methyl sites for hydroxylation is 2. The van der Waals surface area contributed by atoms with Crippen molar-refractivity contribution in [2.24, 2.45) is 0 Å². The quantitative estimate of drug-likeness (QED) is 0.838. The summed E-state index contributed by atoms with van der Waals surface area (Å²) in [4.78, 5) is 0.987. The number of benzene rings is 1. The van der Waals surface area contributed by atoms with Gasteiger partial charge in [-0.1, -0.05) is 29.8 Å². The van der Waals surface area contributed by atoms with Crippen molar-refractivity contribution in [3.63, 3.8) is 0 Å². The molecule has 0 saturated heterocycles. The second-order valence-corrected chi connectivity index (χ2v) is 5.32. The molecule has 1 atom stereocenters. The Hall–Kier alpha value is -1.12. The summed E-state index contributed by atoms with van der Waals surface area (Å²) in [6, 6.07) is 10.1. The van der Waals surface area contributed by atoms with Gasteiger partial charge in [0.2, 0.25) is 0 Å². The zero-order valence-corrected chi connectivity index (χ0v) is 10.6. The van der Waals surface area contributed by atoms with Gasteiger partial charge in [0, 0.05) is 4.88 Å². The van der Waals surface area contributed by atoms with Gasteiger partial charge in [-0.15, -0.1) is 11.3 Å². The van der Waals surface area contributed by atoms with Crippen molar-refractivity contribution in [1.82, 2.24) is 0 Å². The molecule has 0 radical (unpaired) electrons. The summed E-state index contributed by atoms with van der Waals surface area (Å²) in [5.74, 6) is 0. The maximum atomic E-state index is 10.7. The highest BCUT2D eigenvalue weighted by Gasteiger charge is 2.28. The summed E-state index contributed by atoms with van der Waals surface area (Å²) >= 11 is 1.59. The van der Waals surface area contributed by atoms with Crippen LogP contribution in [0.4, 0.5) is 0 Å². The minimum atomic E-state index is -0.885. The van der Waals surface area contributed by atoms with E-state index in [4.69, 9.17) is 0 Å². The van der Waals surface area contributed by atoms with Crippen LogP contribution in [-0.2, 0) is 5.60 Å². The maximum absolute atomic E-state index is 10.7. The van der Waals surface area contributed by atoms with Gasteiger partial charge in [-0.2, -0.15) is 0 Å². The number of aliphatic hydroxyl groups is 1. The zero-order valence-electron chi connectivity index (χ0n) is 9.82. The van der Waals surface area contributed by atoms with Crippen molar-refractivity contribution < 1.29 is 5.11 Å². The van der Waals surface area contributed by atoms with Crippen molar-refractivity contribution in [2.45, 2.75) is 26.4 Å². The Morgan fingerprint density at radius 3 is 2.56 bits per heavy atom. The fourth-order valence-electron chi connectivity index (χ4n) is 1.95. The van der Waals surface area contributed by atoms with Crippen molar-refractivity contribution >= 4 is 11.3 Å². The first kappa shape index (κ1) is 11.4. The third-order valence-corrected chi connectivity index (χ3v) is 4.00. The predicted octanol–water partition coefficient (Wildman–Crippen LogP) is 3.62. The normalized spacial score (nSPS) is 14.8. The summed E-state index contributed by atoms with van der Waals surface area (Å²) in [7, 11) is 0. The van der Waals surface area contributed by atoms with Crippen LogP contribution >= 0.6 is 11.3 Å². The topological polar surface area (TPSA) is 20.2 Å². The zero-order chi connectivity index (χ0) is 11.8. The Balaban J connectivity index is 2.55. The minimum absolute atomic E-state index is 0.885. The molecule has 0 saturated carbocycles. The fraction of sp³-hybridized carbons (Fsp3) is 0.286.